The van der Waals surface area contributed by atoms with Crippen LogP contribution in [0.4, 0.5) is 0 Å². The van der Waals surface area contributed by atoms with Gasteiger partial charge in [-0.3, -0.25) is 0 Å². The summed E-state index contributed by atoms with van der Waals surface area (Å²) in [4.78, 5) is 0. The molecule has 5 heavy (non-hydrogen) atoms. The van der Waals surface area contributed by atoms with Gasteiger partial charge in [-0.2, -0.15) is 0 Å². The topological polar surface area (TPSA) is 0 Å². The molecule has 20 valence electrons. The monoisotopic (exact) mass is 440 g/mol. The van der Waals surface area contributed by atoms with E-state index in [0.717, 1.165) is 0 Å². The molecule has 0 aliphatic rings. The predicted octanol–water partition coefficient (Wildman–Crippen LogP) is -1.52. The molecule has 0 N–H and O–H groups in total. The second kappa shape index (κ2) is 23.9. The Kier molecular flexibility index (Phi) is 165. The fourth-order valence-electron chi connectivity index (χ4n) is 0. The van der Waals surface area contributed by atoms with Crippen LogP contribution >= 0.6 is 0 Å². The van der Waals surface area contributed by atoms with Crippen LogP contribution in [0, 0.1) is 38.6 Å². The third kappa shape index (κ3) is 17.8. The number of rotatable bonds is 0. The molecule has 0 aliphatic carbocycles. The fourth-order valence-corrected chi connectivity index (χ4v) is 0. The molecule has 12 radical (unpaired) electrons. The summed E-state index contributed by atoms with van der Waals surface area (Å²) < 4.78 is 0. The second-order valence-corrected chi connectivity index (χ2v) is 0. The summed E-state index contributed by atoms with van der Waals surface area (Å²) in [6.07, 6.45) is 0. The molecule has 0 saturated carbocycles. The molecule has 0 rings (SSSR count). The van der Waals surface area contributed by atoms with E-state index in [1.165, 1.54) is 0 Å². The Balaban J connectivity index is 0. The van der Waals surface area contributed by atoms with Crippen LogP contribution in [0.25, 0.3) is 0 Å². The first kappa shape index (κ1) is 34.5. The van der Waals surface area contributed by atoms with Gasteiger partial charge in [0.15, 0.2) is 0 Å². The van der Waals surface area contributed by atoms with Gasteiger partial charge in [-0.05, 0) is 0 Å². The van der Waals surface area contributed by atoms with Gasteiger partial charge in [-0.25, -0.2) is 0 Å². The molecular weight excluding hydrogens is 439 g/mol. The third-order valence-electron chi connectivity index (χ3n) is 0. The molecule has 0 amide bonds. The van der Waals surface area contributed by atoms with Crippen LogP contribution in [0.1, 0.15) is 0 Å². The van der Waals surface area contributed by atoms with Crippen molar-refractivity contribution in [1.29, 1.82) is 0 Å². The van der Waals surface area contributed by atoms with Gasteiger partial charge in [0.25, 0.3) is 0 Å². The maximum atomic E-state index is 0. The van der Waals surface area contributed by atoms with Crippen molar-refractivity contribution >= 4 is 92.8 Å². The minimum atomic E-state index is 0. The molecule has 0 atom stereocenters. The summed E-state index contributed by atoms with van der Waals surface area (Å²) in [5.74, 6) is 0. The van der Waals surface area contributed by atoms with Crippen molar-refractivity contribution in [1.82, 2.24) is 0 Å². The Morgan fingerprint density at radius 3 is 1.00 bits per heavy atom. The first-order valence-electron chi connectivity index (χ1n) is 0. The van der Waals surface area contributed by atoms with Crippen LogP contribution in [0.3, 0.4) is 0 Å². The first-order valence-corrected chi connectivity index (χ1v) is 0. The van der Waals surface area contributed by atoms with Crippen LogP contribution in [0.5, 0.6) is 0 Å². The Hall–Kier alpha value is 4.34. The van der Waals surface area contributed by atoms with Crippen LogP contribution < -0.4 is 0 Å². The molecule has 0 spiro atoms. The molecule has 0 aliphatic heterocycles. The fraction of sp³-hybridized carbons (Fsp3) is 0. The van der Waals surface area contributed by atoms with Crippen molar-refractivity contribution in [2.75, 3.05) is 0 Å². The molecule has 0 aromatic rings. The molecule has 0 aromatic heterocycles. The summed E-state index contributed by atoms with van der Waals surface area (Å²) in [5.41, 5.74) is 0. The van der Waals surface area contributed by atoms with Gasteiger partial charge in [-0.15, -0.1) is 0 Å². The van der Waals surface area contributed by atoms with Crippen LogP contribution in [-0.2, 0) is 0 Å². The quantitative estimate of drug-likeness (QED) is 0.403. The van der Waals surface area contributed by atoms with Gasteiger partial charge >= 0.3 is 0 Å². The number of hydrogen-bond donors (Lipinski definition) is 0. The molecular formula is GaGeInNaTb. The van der Waals surface area contributed by atoms with Crippen molar-refractivity contribution < 1.29 is 38.6 Å². The normalized spacial score (nSPS) is 0. The van der Waals surface area contributed by atoms with Crippen LogP contribution in [0.15, 0.2) is 0 Å². The summed E-state index contributed by atoms with van der Waals surface area (Å²) >= 11 is 0. The molecule has 5 heteroatoms. The van der Waals surface area contributed by atoms with E-state index in [-0.39, 0.29) is 131 Å². The van der Waals surface area contributed by atoms with Gasteiger partial charge in [0, 0.05) is 131 Å². The largest absolute Gasteiger partial charge is 0 e. The van der Waals surface area contributed by atoms with Gasteiger partial charge < -0.3 is 0 Å². The van der Waals surface area contributed by atoms with Crippen molar-refractivity contribution in [3.63, 3.8) is 0 Å². The third-order valence-corrected chi connectivity index (χ3v) is 0. The van der Waals surface area contributed by atoms with Gasteiger partial charge in [0.1, 0.15) is 0 Å². The average molecular weight is 439 g/mol. The molecule has 0 unspecified atom stereocenters. The summed E-state index contributed by atoms with van der Waals surface area (Å²) in [6.45, 7) is 0. The van der Waals surface area contributed by atoms with E-state index >= 15 is 0 Å². The van der Waals surface area contributed by atoms with Gasteiger partial charge in [0.2, 0.25) is 0 Å². The van der Waals surface area contributed by atoms with Gasteiger partial charge in [-0.1, -0.05) is 0 Å². The van der Waals surface area contributed by atoms with E-state index in [1.54, 1.807) is 0 Å². The average Bonchev–Trinajstić information content (AvgIpc) is 0. The number of hydrogen-bond acceptors (Lipinski definition) is 0. The molecule has 0 nitrogen and oxygen atoms in total. The van der Waals surface area contributed by atoms with Gasteiger partial charge in [0.05, 0.1) is 0 Å². The molecule has 0 heterocycles. The Bertz CT molecular complexity index is 11.6. The smallest absolute Gasteiger partial charge is 0 e. The summed E-state index contributed by atoms with van der Waals surface area (Å²) in [5, 5.41) is 0. The predicted molar refractivity (Wildman–Crippen MR) is 23.0 cm³/mol. The first-order chi connectivity index (χ1) is 0. The zero-order valence-corrected chi connectivity index (χ0v) is 14.9. The second-order valence-electron chi connectivity index (χ2n) is 0. The van der Waals surface area contributed by atoms with E-state index in [0.29, 0.717) is 0 Å². The van der Waals surface area contributed by atoms with Crippen molar-refractivity contribution in [2.45, 2.75) is 0 Å². The van der Waals surface area contributed by atoms with E-state index in [2.05, 4.69) is 0 Å². The maximum Gasteiger partial charge on any atom is 0 e. The van der Waals surface area contributed by atoms with E-state index in [4.69, 9.17) is 0 Å². The SMILES string of the molecule is [Ga].[Ge].[In].[Na].[Tb]. The summed E-state index contributed by atoms with van der Waals surface area (Å²) in [7, 11) is 0. The molecule has 0 fully saturated rings. The van der Waals surface area contributed by atoms with Crippen LogP contribution in [-0.4, -0.2) is 92.8 Å². The van der Waals surface area contributed by atoms with Crippen molar-refractivity contribution in [3.05, 3.63) is 0 Å². The Labute approximate surface area is 128 Å². The Morgan fingerprint density at radius 2 is 1.00 bits per heavy atom. The zero-order chi connectivity index (χ0) is 0. The standard InChI is InChI=1S/Ga.Ge.In.Na.Tb. The van der Waals surface area contributed by atoms with E-state index in [1.807, 2.05) is 0 Å². The molecule has 0 bridgehead atoms. The Morgan fingerprint density at radius 1 is 1.00 bits per heavy atom. The summed E-state index contributed by atoms with van der Waals surface area (Å²) in [6, 6.07) is 0. The molecule has 0 aromatic carbocycles. The minimum absolute atomic E-state index is 0. The van der Waals surface area contributed by atoms with Crippen molar-refractivity contribution in [3.8, 4) is 0 Å². The van der Waals surface area contributed by atoms with Crippen LogP contribution in [0.2, 0.25) is 0 Å². The zero-order valence-electron chi connectivity index (χ0n) is 2.99. The van der Waals surface area contributed by atoms with Crippen molar-refractivity contribution in [2.24, 2.45) is 0 Å². The minimum Gasteiger partial charge on any atom is 0 e. The van der Waals surface area contributed by atoms with E-state index in [9.17, 15) is 0 Å². The molecule has 0 saturated heterocycles. The van der Waals surface area contributed by atoms with E-state index < -0.39 is 0 Å². The maximum absolute atomic E-state index is 0.